The smallest absolute Gasteiger partial charge is 0.0462 e. The lowest BCUT2D eigenvalue weighted by Crippen LogP contribution is -2.09. The number of hydrogen-bond donors (Lipinski definition) is 0. The van der Waals surface area contributed by atoms with Gasteiger partial charge in [0.05, 0.1) is 0 Å². The molecule has 9 aromatic carbocycles. The number of rotatable bonds is 5. The lowest BCUT2D eigenvalue weighted by Gasteiger charge is -2.26. The van der Waals surface area contributed by atoms with Crippen LogP contribution in [0.25, 0.3) is 74.7 Å². The van der Waals surface area contributed by atoms with Gasteiger partial charge in [0.2, 0.25) is 0 Å². The Morgan fingerprint density at radius 1 is 0.346 bits per heavy atom. The van der Waals surface area contributed by atoms with E-state index in [1.807, 2.05) is 11.3 Å². The highest BCUT2D eigenvalue weighted by atomic mass is 32.1. The molecule has 0 aliphatic carbocycles. The van der Waals surface area contributed by atoms with Gasteiger partial charge in [0.25, 0.3) is 0 Å². The fraction of sp³-hybridized carbons (Fsp3) is 0.0400. The average Bonchev–Trinajstić information content (AvgIpc) is 3.56. The van der Waals surface area contributed by atoms with E-state index in [9.17, 15) is 0 Å². The van der Waals surface area contributed by atoms with Gasteiger partial charge in [0.15, 0.2) is 0 Å². The van der Waals surface area contributed by atoms with E-state index in [-0.39, 0.29) is 0 Å². The van der Waals surface area contributed by atoms with Gasteiger partial charge in [-0.1, -0.05) is 126 Å². The summed E-state index contributed by atoms with van der Waals surface area (Å²) >= 11 is 1.88. The van der Waals surface area contributed by atoms with Gasteiger partial charge in [-0.2, -0.15) is 0 Å². The quantitative estimate of drug-likeness (QED) is 0.163. The Kier molecular flexibility index (Phi) is 7.19. The van der Waals surface area contributed by atoms with Crippen molar-refractivity contribution < 1.29 is 0 Å². The van der Waals surface area contributed by atoms with E-state index in [4.69, 9.17) is 0 Å². The fourth-order valence-corrected chi connectivity index (χ4v) is 9.12. The van der Waals surface area contributed by atoms with E-state index in [2.05, 4.69) is 195 Å². The Morgan fingerprint density at radius 3 is 1.37 bits per heavy atom. The van der Waals surface area contributed by atoms with E-state index in [1.165, 1.54) is 85.9 Å². The normalized spacial score (nSPS) is 11.7. The summed E-state index contributed by atoms with van der Waals surface area (Å²) in [6.07, 6.45) is 0. The molecule has 0 N–H and O–H groups in total. The van der Waals surface area contributed by atoms with Crippen molar-refractivity contribution in [1.82, 2.24) is 0 Å². The number of hydrogen-bond acceptors (Lipinski definition) is 2. The first kappa shape index (κ1) is 30.6. The third kappa shape index (κ3) is 5.06. The molecule has 0 unspecified atom stereocenters. The topological polar surface area (TPSA) is 3.24 Å². The molecular formula is C50H35NS. The van der Waals surface area contributed by atoms with Gasteiger partial charge in [-0.15, -0.1) is 11.3 Å². The molecule has 0 radical (unpaired) electrons. The minimum absolute atomic E-state index is 1.13. The van der Waals surface area contributed by atoms with E-state index in [1.54, 1.807) is 0 Å². The lowest BCUT2D eigenvalue weighted by molar-refractivity contribution is 1.27. The zero-order chi connectivity index (χ0) is 34.8. The molecule has 0 aliphatic rings. The number of benzene rings is 9. The van der Waals surface area contributed by atoms with Crippen LogP contribution in [0.15, 0.2) is 176 Å². The zero-order valence-electron chi connectivity index (χ0n) is 29.1. The summed E-state index contributed by atoms with van der Waals surface area (Å²) in [6, 6.07) is 65.2. The van der Waals surface area contributed by atoms with E-state index < -0.39 is 0 Å². The second-order valence-electron chi connectivity index (χ2n) is 13.9. The van der Waals surface area contributed by atoms with Gasteiger partial charge in [-0.3, -0.25) is 0 Å². The van der Waals surface area contributed by atoms with Crippen molar-refractivity contribution in [3.05, 3.63) is 187 Å². The predicted octanol–water partition coefficient (Wildman–Crippen LogP) is 14.9. The van der Waals surface area contributed by atoms with Crippen molar-refractivity contribution in [3.8, 4) is 22.3 Å². The van der Waals surface area contributed by atoms with Crippen molar-refractivity contribution in [2.45, 2.75) is 13.8 Å². The highest BCUT2D eigenvalue weighted by Gasteiger charge is 2.19. The largest absolute Gasteiger partial charge is 0.311 e. The van der Waals surface area contributed by atoms with Crippen LogP contribution in [0.3, 0.4) is 0 Å². The number of aryl methyl sites for hydroxylation is 2. The molecule has 0 fully saturated rings. The molecule has 0 amide bonds. The standard InChI is InChI=1S/C50H35NS/c1-32-15-22-38(23-16-32)51(39-24-17-33(2)18-25-39)40-26-19-34(20-27-40)49-43-12-5-6-13-44(43)50(46-30-36-10-4-3-9-35(36)29-45(46)49)37-21-28-42-41-11-7-8-14-47(41)52-48(42)31-37/h3-31H,1-2H3. The van der Waals surface area contributed by atoms with Crippen LogP contribution in [0.5, 0.6) is 0 Å². The number of thiophene rings is 1. The maximum Gasteiger partial charge on any atom is 0.0462 e. The highest BCUT2D eigenvalue weighted by molar-refractivity contribution is 7.25. The van der Waals surface area contributed by atoms with E-state index in [0.717, 1.165) is 17.1 Å². The molecule has 246 valence electrons. The van der Waals surface area contributed by atoms with Gasteiger partial charge in [0.1, 0.15) is 0 Å². The Labute approximate surface area is 307 Å². The summed E-state index contributed by atoms with van der Waals surface area (Å²) in [6.45, 7) is 4.28. The summed E-state index contributed by atoms with van der Waals surface area (Å²) in [5.41, 5.74) is 10.9. The maximum absolute atomic E-state index is 2.41. The summed E-state index contributed by atoms with van der Waals surface area (Å²) in [4.78, 5) is 2.35. The van der Waals surface area contributed by atoms with Crippen LogP contribution in [0.4, 0.5) is 17.1 Å². The molecule has 52 heavy (non-hydrogen) atoms. The molecule has 0 saturated carbocycles. The first-order valence-corrected chi connectivity index (χ1v) is 18.7. The summed E-state index contributed by atoms with van der Waals surface area (Å²) in [7, 11) is 0. The molecule has 1 aromatic heterocycles. The van der Waals surface area contributed by atoms with Gasteiger partial charge in [-0.05, 0) is 129 Å². The summed E-state index contributed by atoms with van der Waals surface area (Å²) in [5, 5.41) is 10.2. The molecular weight excluding hydrogens is 647 g/mol. The number of nitrogens with zero attached hydrogens (tertiary/aromatic N) is 1. The molecule has 10 aromatic rings. The minimum Gasteiger partial charge on any atom is -0.311 e. The van der Waals surface area contributed by atoms with Gasteiger partial charge in [-0.25, -0.2) is 0 Å². The summed E-state index contributed by atoms with van der Waals surface area (Å²) < 4.78 is 2.65. The fourth-order valence-electron chi connectivity index (χ4n) is 7.98. The van der Waals surface area contributed by atoms with Crippen LogP contribution in [0.2, 0.25) is 0 Å². The molecule has 0 spiro atoms. The number of anilines is 3. The Hall–Kier alpha value is -6.22. The van der Waals surface area contributed by atoms with E-state index in [0.29, 0.717) is 0 Å². The van der Waals surface area contributed by atoms with Crippen LogP contribution < -0.4 is 4.90 Å². The predicted molar refractivity (Wildman–Crippen MR) is 227 cm³/mol. The summed E-state index contributed by atoms with van der Waals surface area (Å²) in [5.74, 6) is 0. The Balaban J connectivity index is 1.20. The van der Waals surface area contributed by atoms with Crippen LogP contribution in [0.1, 0.15) is 11.1 Å². The van der Waals surface area contributed by atoms with Crippen molar-refractivity contribution in [1.29, 1.82) is 0 Å². The van der Waals surface area contributed by atoms with Crippen LogP contribution in [0, 0.1) is 13.8 Å². The number of fused-ring (bicyclic) bond motifs is 6. The third-order valence-electron chi connectivity index (χ3n) is 10.6. The van der Waals surface area contributed by atoms with Crippen molar-refractivity contribution in [2.75, 3.05) is 4.90 Å². The monoisotopic (exact) mass is 681 g/mol. The molecule has 1 nitrogen and oxygen atoms in total. The molecule has 10 rings (SSSR count). The average molecular weight is 682 g/mol. The van der Waals surface area contributed by atoms with E-state index >= 15 is 0 Å². The van der Waals surface area contributed by atoms with Crippen LogP contribution in [-0.2, 0) is 0 Å². The Morgan fingerprint density at radius 2 is 0.788 bits per heavy atom. The van der Waals surface area contributed by atoms with Gasteiger partial charge in [0, 0.05) is 37.2 Å². The minimum atomic E-state index is 1.13. The zero-order valence-corrected chi connectivity index (χ0v) is 29.9. The molecule has 0 atom stereocenters. The van der Waals surface area contributed by atoms with Crippen LogP contribution >= 0.6 is 11.3 Å². The second kappa shape index (κ2) is 12.2. The molecule has 0 aliphatic heterocycles. The highest BCUT2D eigenvalue weighted by Crippen LogP contribution is 2.47. The lowest BCUT2D eigenvalue weighted by atomic mass is 9.84. The molecule has 0 bridgehead atoms. The van der Waals surface area contributed by atoms with Crippen LogP contribution in [-0.4, -0.2) is 0 Å². The van der Waals surface area contributed by atoms with Crippen molar-refractivity contribution in [2.24, 2.45) is 0 Å². The Bertz CT molecular complexity index is 2910. The maximum atomic E-state index is 2.41. The molecule has 2 heteroatoms. The van der Waals surface area contributed by atoms with Crippen molar-refractivity contribution in [3.63, 3.8) is 0 Å². The van der Waals surface area contributed by atoms with Gasteiger partial charge >= 0.3 is 0 Å². The SMILES string of the molecule is Cc1ccc(N(c2ccc(C)cc2)c2ccc(-c3c4ccccc4c(-c4ccc5c(c4)sc4ccccc45)c4cc5ccccc5cc34)cc2)cc1. The molecule has 1 heterocycles. The first-order chi connectivity index (χ1) is 25.6. The van der Waals surface area contributed by atoms with Gasteiger partial charge < -0.3 is 4.90 Å². The van der Waals surface area contributed by atoms with Crippen molar-refractivity contribution >= 4 is 80.9 Å². The first-order valence-electron chi connectivity index (χ1n) is 17.9. The molecule has 0 saturated heterocycles. The second-order valence-corrected chi connectivity index (χ2v) is 15.0. The third-order valence-corrected chi connectivity index (χ3v) is 11.7.